The first kappa shape index (κ1) is 12.7. The number of hydrogen-bond donors (Lipinski definition) is 1. The van der Waals surface area contributed by atoms with Gasteiger partial charge in [-0.05, 0) is 0 Å². The highest BCUT2D eigenvalue weighted by atomic mass is 16.5. The van der Waals surface area contributed by atoms with Gasteiger partial charge in [-0.2, -0.15) is 5.10 Å². The zero-order valence-corrected chi connectivity index (χ0v) is 10.6. The van der Waals surface area contributed by atoms with E-state index < -0.39 is 0 Å². The fraction of sp³-hybridized carbons (Fsp3) is 0.545. The van der Waals surface area contributed by atoms with Crippen LogP contribution in [-0.2, 0) is 18.3 Å². The molecule has 2 rings (SSSR count). The third-order valence-corrected chi connectivity index (χ3v) is 2.73. The topological polar surface area (TPSA) is 74.0 Å². The lowest BCUT2D eigenvalue weighted by Crippen LogP contribution is -2.28. The van der Waals surface area contributed by atoms with Crippen molar-refractivity contribution in [2.75, 3.05) is 26.8 Å². The number of ether oxygens (including phenoxy) is 1. The van der Waals surface area contributed by atoms with Crippen LogP contribution in [0.5, 0.6) is 0 Å². The van der Waals surface area contributed by atoms with Crippen molar-refractivity contribution in [1.29, 1.82) is 0 Å². The first-order valence-electron chi connectivity index (χ1n) is 5.81. The molecule has 1 N–H and O–H groups in total. The van der Waals surface area contributed by atoms with Crippen LogP contribution in [0.2, 0.25) is 0 Å². The molecule has 18 heavy (non-hydrogen) atoms. The Kier molecular flexibility index (Phi) is 4.06. The Balaban J connectivity index is 2.05. The molecule has 0 unspecified atom stereocenters. The highest BCUT2D eigenvalue weighted by molar-refractivity contribution is 5.72. The summed E-state index contributed by atoms with van der Waals surface area (Å²) in [6, 6.07) is 0. The van der Waals surface area contributed by atoms with E-state index in [1.165, 1.54) is 0 Å². The lowest BCUT2D eigenvalue weighted by atomic mass is 10.4. The number of nitrogens with one attached hydrogen (secondary N) is 1. The predicted octanol–water partition coefficient (Wildman–Crippen LogP) is -0.634. The SMILES string of the molecule is COCCNCCn1cnc2c(cnn2C)c1=O. The first-order valence-corrected chi connectivity index (χ1v) is 5.81. The second-order valence-electron chi connectivity index (χ2n) is 3.99. The van der Waals surface area contributed by atoms with E-state index in [2.05, 4.69) is 15.4 Å². The van der Waals surface area contributed by atoms with Gasteiger partial charge in [-0.25, -0.2) is 4.98 Å². The molecule has 0 amide bonds. The highest BCUT2D eigenvalue weighted by Crippen LogP contribution is 2.02. The average Bonchev–Trinajstić information content (AvgIpc) is 2.74. The van der Waals surface area contributed by atoms with Crippen molar-refractivity contribution >= 4 is 11.0 Å². The zero-order chi connectivity index (χ0) is 13.0. The minimum Gasteiger partial charge on any atom is -0.383 e. The molecule has 0 aliphatic carbocycles. The van der Waals surface area contributed by atoms with E-state index in [4.69, 9.17) is 4.74 Å². The summed E-state index contributed by atoms with van der Waals surface area (Å²) in [5.41, 5.74) is 0.560. The van der Waals surface area contributed by atoms with Crippen LogP contribution in [-0.4, -0.2) is 46.1 Å². The van der Waals surface area contributed by atoms with Crippen molar-refractivity contribution < 1.29 is 4.74 Å². The summed E-state index contributed by atoms with van der Waals surface area (Å²) in [7, 11) is 3.43. The molecule has 0 spiro atoms. The molecule has 0 radical (unpaired) electrons. The van der Waals surface area contributed by atoms with E-state index in [0.29, 0.717) is 30.7 Å². The summed E-state index contributed by atoms with van der Waals surface area (Å²) in [6.07, 6.45) is 3.11. The summed E-state index contributed by atoms with van der Waals surface area (Å²) >= 11 is 0. The highest BCUT2D eigenvalue weighted by Gasteiger charge is 2.07. The molecule has 2 aromatic rings. The van der Waals surface area contributed by atoms with E-state index in [1.54, 1.807) is 35.9 Å². The lowest BCUT2D eigenvalue weighted by molar-refractivity contribution is 0.199. The predicted molar refractivity (Wildman–Crippen MR) is 67.5 cm³/mol. The number of rotatable bonds is 6. The van der Waals surface area contributed by atoms with Gasteiger partial charge in [-0.3, -0.25) is 14.0 Å². The van der Waals surface area contributed by atoms with Crippen LogP contribution in [0, 0.1) is 0 Å². The molecule has 0 atom stereocenters. The molecule has 0 aromatic carbocycles. The van der Waals surface area contributed by atoms with Crippen molar-refractivity contribution in [3.8, 4) is 0 Å². The van der Waals surface area contributed by atoms with Gasteiger partial charge in [-0.15, -0.1) is 0 Å². The third-order valence-electron chi connectivity index (χ3n) is 2.73. The summed E-state index contributed by atoms with van der Waals surface area (Å²) in [5.74, 6) is 0. The third kappa shape index (κ3) is 2.57. The first-order chi connectivity index (χ1) is 8.74. The molecule has 0 bridgehead atoms. The lowest BCUT2D eigenvalue weighted by Gasteiger charge is -2.06. The number of fused-ring (bicyclic) bond motifs is 1. The van der Waals surface area contributed by atoms with Crippen molar-refractivity contribution in [3.63, 3.8) is 0 Å². The minimum absolute atomic E-state index is 0.0540. The van der Waals surface area contributed by atoms with Crippen molar-refractivity contribution in [2.45, 2.75) is 6.54 Å². The molecule has 2 aromatic heterocycles. The van der Waals surface area contributed by atoms with E-state index in [0.717, 1.165) is 6.54 Å². The molecular formula is C11H17N5O2. The Hall–Kier alpha value is -1.73. The van der Waals surface area contributed by atoms with Gasteiger partial charge in [0.2, 0.25) is 0 Å². The quantitative estimate of drug-likeness (QED) is 0.692. The molecule has 7 nitrogen and oxygen atoms in total. The van der Waals surface area contributed by atoms with Crippen LogP contribution in [0.25, 0.3) is 11.0 Å². The molecule has 0 saturated heterocycles. The maximum atomic E-state index is 12.1. The van der Waals surface area contributed by atoms with Crippen LogP contribution in [0.3, 0.4) is 0 Å². The molecule has 0 saturated carbocycles. The molecule has 0 aliphatic rings. The van der Waals surface area contributed by atoms with Gasteiger partial charge in [-0.1, -0.05) is 0 Å². The van der Waals surface area contributed by atoms with Crippen molar-refractivity contribution in [3.05, 3.63) is 22.9 Å². The van der Waals surface area contributed by atoms with Crippen LogP contribution in [0.1, 0.15) is 0 Å². The summed E-state index contributed by atoms with van der Waals surface area (Å²) in [5, 5.41) is 7.76. The monoisotopic (exact) mass is 251 g/mol. The number of methoxy groups -OCH3 is 1. The minimum atomic E-state index is -0.0540. The normalized spacial score (nSPS) is 11.2. The fourth-order valence-electron chi connectivity index (χ4n) is 1.72. The van der Waals surface area contributed by atoms with Crippen LogP contribution in [0.15, 0.2) is 17.3 Å². The Morgan fingerprint density at radius 3 is 3.06 bits per heavy atom. The van der Waals surface area contributed by atoms with Gasteiger partial charge in [0.25, 0.3) is 5.56 Å². The van der Waals surface area contributed by atoms with Gasteiger partial charge < -0.3 is 10.1 Å². The van der Waals surface area contributed by atoms with Gasteiger partial charge in [0, 0.05) is 33.8 Å². The van der Waals surface area contributed by atoms with Gasteiger partial charge in [0.05, 0.1) is 12.8 Å². The zero-order valence-electron chi connectivity index (χ0n) is 10.6. The van der Waals surface area contributed by atoms with Gasteiger partial charge in [0.1, 0.15) is 11.7 Å². The second-order valence-corrected chi connectivity index (χ2v) is 3.99. The van der Waals surface area contributed by atoms with Crippen LogP contribution < -0.4 is 10.9 Å². The van der Waals surface area contributed by atoms with E-state index >= 15 is 0 Å². The molecule has 98 valence electrons. The Bertz CT molecular complexity index is 574. The Morgan fingerprint density at radius 2 is 2.28 bits per heavy atom. The average molecular weight is 251 g/mol. The number of hydrogen-bond acceptors (Lipinski definition) is 5. The molecule has 2 heterocycles. The van der Waals surface area contributed by atoms with Gasteiger partial charge >= 0.3 is 0 Å². The number of aryl methyl sites for hydroxylation is 1. The van der Waals surface area contributed by atoms with Crippen LogP contribution in [0.4, 0.5) is 0 Å². The van der Waals surface area contributed by atoms with Crippen molar-refractivity contribution in [2.24, 2.45) is 7.05 Å². The van der Waals surface area contributed by atoms with E-state index in [9.17, 15) is 4.79 Å². The maximum absolute atomic E-state index is 12.1. The number of nitrogens with zero attached hydrogens (tertiary/aromatic N) is 4. The molecule has 0 aliphatic heterocycles. The molecular weight excluding hydrogens is 234 g/mol. The smallest absolute Gasteiger partial charge is 0.264 e. The Labute approximate surface area is 104 Å². The van der Waals surface area contributed by atoms with Gasteiger partial charge in [0.15, 0.2) is 5.65 Å². The number of aromatic nitrogens is 4. The van der Waals surface area contributed by atoms with E-state index in [1.807, 2.05) is 0 Å². The Morgan fingerprint density at radius 1 is 1.44 bits per heavy atom. The maximum Gasteiger partial charge on any atom is 0.264 e. The summed E-state index contributed by atoms with van der Waals surface area (Å²) in [6.45, 7) is 2.72. The fourth-order valence-corrected chi connectivity index (χ4v) is 1.72. The van der Waals surface area contributed by atoms with Crippen molar-refractivity contribution in [1.82, 2.24) is 24.6 Å². The van der Waals surface area contributed by atoms with Crippen LogP contribution >= 0.6 is 0 Å². The summed E-state index contributed by atoms with van der Waals surface area (Å²) in [4.78, 5) is 16.3. The molecule has 7 heteroatoms. The standard InChI is InChI=1S/C11H17N5O2/c1-15-10-9(7-14-15)11(17)16(8-13-10)5-3-12-4-6-18-2/h7-8,12H,3-6H2,1-2H3. The molecule has 0 fully saturated rings. The summed E-state index contributed by atoms with van der Waals surface area (Å²) < 4.78 is 8.11. The van der Waals surface area contributed by atoms with E-state index in [-0.39, 0.29) is 5.56 Å². The second kappa shape index (κ2) is 5.74. The largest absolute Gasteiger partial charge is 0.383 e.